The monoisotopic (exact) mass is 535 g/mol. The van der Waals surface area contributed by atoms with Crippen LogP contribution in [0.2, 0.25) is 0 Å². The first kappa shape index (κ1) is 27.5. The van der Waals surface area contributed by atoms with Crippen molar-refractivity contribution in [2.75, 3.05) is 26.8 Å². The van der Waals surface area contributed by atoms with Gasteiger partial charge in [-0.1, -0.05) is 61.2 Å². The molecule has 0 radical (unpaired) electrons. The fraction of sp³-hybridized carbons (Fsp3) is 0.393. The summed E-state index contributed by atoms with van der Waals surface area (Å²) in [5.41, 5.74) is 2.54. The molecule has 0 aromatic heterocycles. The predicted octanol–water partition coefficient (Wildman–Crippen LogP) is 3.06. The number of nitrogens with zero attached hydrogens (tertiary/aromatic N) is 3. The zero-order valence-corrected chi connectivity index (χ0v) is 22.5. The number of nitrogens with one attached hydrogen (secondary N) is 2. The van der Waals surface area contributed by atoms with E-state index in [1.807, 2.05) is 61.5 Å². The van der Waals surface area contributed by atoms with Crippen LogP contribution in [-0.4, -0.2) is 71.7 Å². The third-order valence-electron chi connectivity index (χ3n) is 6.24. The molecule has 2 aromatic rings. The lowest BCUT2D eigenvalue weighted by molar-refractivity contribution is -0.128. The van der Waals surface area contributed by atoms with E-state index in [-0.39, 0.29) is 24.1 Å². The molecule has 4 rings (SSSR count). The van der Waals surface area contributed by atoms with Gasteiger partial charge in [0.05, 0.1) is 17.4 Å². The van der Waals surface area contributed by atoms with Gasteiger partial charge >= 0.3 is 0 Å². The maximum Gasteiger partial charge on any atom is 0.259 e. The summed E-state index contributed by atoms with van der Waals surface area (Å²) in [4.78, 5) is 49.9. The molecule has 0 saturated heterocycles. The largest absolute Gasteiger partial charge is 0.385 e. The van der Waals surface area contributed by atoms with E-state index in [1.165, 1.54) is 16.7 Å². The summed E-state index contributed by atoms with van der Waals surface area (Å²) in [5.74, 6) is -0.186. The number of benzene rings is 2. The molecule has 0 aliphatic carbocycles. The van der Waals surface area contributed by atoms with Crippen molar-refractivity contribution in [3.8, 4) is 0 Å². The standard InChI is InChI=1S/C28H33N5O4S/c1-3-23(26(35)30-15-9-17-37-2)38-28-32-21-13-8-7-12-20(21)25-31-22(27(36)33(25)28)18-24(34)29-16-14-19-10-5-4-6-11-19/h4-8,10-13,22-23H,3,9,14-18H2,1-2H3,(H,29,34)(H,30,35). The molecule has 3 amide bonds. The normalized spacial score (nSPS) is 16.7. The van der Waals surface area contributed by atoms with Crippen LogP contribution in [-0.2, 0) is 25.5 Å². The molecule has 0 bridgehead atoms. The van der Waals surface area contributed by atoms with Gasteiger partial charge in [0.25, 0.3) is 5.91 Å². The summed E-state index contributed by atoms with van der Waals surface area (Å²) in [6.07, 6.45) is 1.93. The topological polar surface area (TPSA) is 112 Å². The van der Waals surface area contributed by atoms with Crippen molar-refractivity contribution < 1.29 is 19.1 Å². The lowest BCUT2D eigenvalue weighted by Gasteiger charge is -2.27. The van der Waals surface area contributed by atoms with E-state index in [9.17, 15) is 14.4 Å². The highest BCUT2D eigenvalue weighted by atomic mass is 32.2. The maximum absolute atomic E-state index is 13.5. The minimum Gasteiger partial charge on any atom is -0.385 e. The van der Waals surface area contributed by atoms with Gasteiger partial charge in [0.2, 0.25) is 11.8 Å². The van der Waals surface area contributed by atoms with Crippen molar-refractivity contribution >= 4 is 46.2 Å². The van der Waals surface area contributed by atoms with Gasteiger partial charge in [-0.3, -0.25) is 19.4 Å². The van der Waals surface area contributed by atoms with Gasteiger partial charge in [0, 0.05) is 32.4 Å². The number of rotatable bonds is 12. The Morgan fingerprint density at radius 2 is 1.84 bits per heavy atom. The highest BCUT2D eigenvalue weighted by Gasteiger charge is 2.43. The van der Waals surface area contributed by atoms with Crippen LogP contribution in [0.5, 0.6) is 0 Å². The quantitative estimate of drug-likeness (QED) is 0.406. The Labute approximate surface area is 227 Å². The Morgan fingerprint density at radius 3 is 2.61 bits per heavy atom. The predicted molar refractivity (Wildman–Crippen MR) is 150 cm³/mol. The molecule has 2 atom stereocenters. The summed E-state index contributed by atoms with van der Waals surface area (Å²) < 4.78 is 5.04. The number of amidine groups is 2. The third kappa shape index (κ3) is 6.68. The van der Waals surface area contributed by atoms with Gasteiger partial charge in [-0.2, -0.15) is 0 Å². The van der Waals surface area contributed by atoms with Crippen molar-refractivity contribution in [1.82, 2.24) is 15.5 Å². The van der Waals surface area contributed by atoms with Crippen LogP contribution in [0.25, 0.3) is 0 Å². The zero-order valence-electron chi connectivity index (χ0n) is 21.7. The highest BCUT2D eigenvalue weighted by Crippen LogP contribution is 2.35. The summed E-state index contributed by atoms with van der Waals surface area (Å²) in [7, 11) is 1.62. The number of hydrogen-bond donors (Lipinski definition) is 2. The van der Waals surface area contributed by atoms with Crippen LogP contribution in [0, 0.1) is 0 Å². The Balaban J connectivity index is 1.45. The number of carbonyl (C=O) groups is 3. The first-order valence-corrected chi connectivity index (χ1v) is 13.7. The van der Waals surface area contributed by atoms with Crippen LogP contribution in [0.15, 0.2) is 64.6 Å². The molecule has 2 N–H and O–H groups in total. The molecule has 38 heavy (non-hydrogen) atoms. The van der Waals surface area contributed by atoms with Gasteiger partial charge in [-0.25, -0.2) is 9.89 Å². The second-order valence-corrected chi connectivity index (χ2v) is 10.2. The SMILES string of the molecule is CCC(SC1=Nc2ccccc2C2=NC(CC(=O)NCCc3ccccc3)C(=O)N12)C(=O)NCCCOC. The average Bonchev–Trinajstić information content (AvgIpc) is 3.26. The number of para-hydroxylation sites is 1. The second kappa shape index (κ2) is 13.3. The summed E-state index contributed by atoms with van der Waals surface area (Å²) in [6.45, 7) is 3.48. The van der Waals surface area contributed by atoms with E-state index < -0.39 is 11.3 Å². The number of amides is 3. The molecule has 2 aromatic carbocycles. The van der Waals surface area contributed by atoms with Crippen LogP contribution in [0.4, 0.5) is 5.69 Å². The van der Waals surface area contributed by atoms with E-state index in [0.29, 0.717) is 55.6 Å². The van der Waals surface area contributed by atoms with E-state index in [4.69, 9.17) is 9.73 Å². The minimum atomic E-state index is -0.846. The van der Waals surface area contributed by atoms with Gasteiger partial charge < -0.3 is 15.4 Å². The molecular weight excluding hydrogens is 502 g/mol. The van der Waals surface area contributed by atoms with Crippen molar-refractivity contribution in [2.45, 2.75) is 43.9 Å². The van der Waals surface area contributed by atoms with Crippen LogP contribution >= 0.6 is 11.8 Å². The Kier molecular flexibility index (Phi) is 9.67. The van der Waals surface area contributed by atoms with Crippen molar-refractivity contribution in [1.29, 1.82) is 0 Å². The first-order valence-electron chi connectivity index (χ1n) is 12.9. The average molecular weight is 536 g/mol. The molecule has 10 heteroatoms. The van der Waals surface area contributed by atoms with E-state index in [0.717, 1.165) is 11.1 Å². The van der Waals surface area contributed by atoms with Crippen molar-refractivity contribution in [2.24, 2.45) is 9.98 Å². The van der Waals surface area contributed by atoms with Gasteiger partial charge in [0.15, 0.2) is 5.17 Å². The Morgan fingerprint density at radius 1 is 1.08 bits per heavy atom. The molecule has 0 fully saturated rings. The summed E-state index contributed by atoms with van der Waals surface area (Å²) >= 11 is 1.24. The van der Waals surface area contributed by atoms with Crippen LogP contribution in [0.3, 0.4) is 0 Å². The van der Waals surface area contributed by atoms with Crippen LogP contribution in [0.1, 0.15) is 37.3 Å². The Hall–Kier alpha value is -3.50. The van der Waals surface area contributed by atoms with Crippen LogP contribution < -0.4 is 10.6 Å². The van der Waals surface area contributed by atoms with E-state index in [2.05, 4.69) is 15.6 Å². The first-order chi connectivity index (χ1) is 18.5. The van der Waals surface area contributed by atoms with Gasteiger partial charge in [-0.15, -0.1) is 0 Å². The number of fused-ring (bicyclic) bond motifs is 3. The number of aliphatic imine (C=N–C) groups is 2. The Bertz CT molecular complexity index is 1220. The highest BCUT2D eigenvalue weighted by molar-refractivity contribution is 8.15. The van der Waals surface area contributed by atoms with Crippen molar-refractivity contribution in [3.63, 3.8) is 0 Å². The molecule has 2 aliphatic heterocycles. The molecule has 200 valence electrons. The molecule has 2 aliphatic rings. The smallest absolute Gasteiger partial charge is 0.259 e. The number of thioether (sulfide) groups is 1. The summed E-state index contributed by atoms with van der Waals surface area (Å²) in [6, 6.07) is 16.5. The number of ether oxygens (including phenoxy) is 1. The minimum absolute atomic E-state index is 0.0507. The molecule has 0 saturated carbocycles. The number of carbonyl (C=O) groups excluding carboxylic acids is 3. The fourth-order valence-corrected chi connectivity index (χ4v) is 5.29. The van der Waals surface area contributed by atoms with E-state index in [1.54, 1.807) is 7.11 Å². The third-order valence-corrected chi connectivity index (χ3v) is 7.56. The lowest BCUT2D eigenvalue weighted by atomic mass is 10.1. The molecule has 2 unspecified atom stereocenters. The molecule has 2 heterocycles. The lowest BCUT2D eigenvalue weighted by Crippen LogP contribution is -2.44. The summed E-state index contributed by atoms with van der Waals surface area (Å²) in [5, 5.41) is 5.80. The van der Waals surface area contributed by atoms with Gasteiger partial charge in [-0.05, 0) is 37.0 Å². The zero-order chi connectivity index (χ0) is 26.9. The van der Waals surface area contributed by atoms with E-state index >= 15 is 0 Å². The number of hydrogen-bond acceptors (Lipinski definition) is 7. The fourth-order valence-electron chi connectivity index (χ4n) is 4.24. The van der Waals surface area contributed by atoms with Crippen molar-refractivity contribution in [3.05, 3.63) is 65.7 Å². The second-order valence-electron chi connectivity index (χ2n) is 9.00. The maximum atomic E-state index is 13.5. The van der Waals surface area contributed by atoms with Gasteiger partial charge in [0.1, 0.15) is 11.9 Å². The molecular formula is C28H33N5O4S. The molecule has 9 nitrogen and oxygen atoms in total. The molecule has 0 spiro atoms. The number of methoxy groups -OCH3 is 1.